The van der Waals surface area contributed by atoms with Crippen molar-refractivity contribution in [3.8, 4) is 0 Å². The van der Waals surface area contributed by atoms with Gasteiger partial charge in [-0.1, -0.05) is 120 Å². The first kappa shape index (κ1) is 32.2. The fourth-order valence-corrected chi connectivity index (χ4v) is 6.23. The first-order valence-corrected chi connectivity index (χ1v) is 15.9. The number of fused-ring (bicyclic) bond motifs is 1. The van der Waals surface area contributed by atoms with Crippen molar-refractivity contribution in [3.05, 3.63) is 125 Å². The Hall–Kier alpha value is -3.36. The maximum atomic E-state index is 5.59. The van der Waals surface area contributed by atoms with Crippen LogP contribution in [0, 0.1) is 11.8 Å². The number of nitrogens with zero attached hydrogens (tertiary/aromatic N) is 1. The molecule has 2 atom stereocenters. The molecule has 0 amide bonds. The molecule has 0 saturated carbocycles. The van der Waals surface area contributed by atoms with Crippen molar-refractivity contribution >= 4 is 17.7 Å². The molecule has 1 fully saturated rings. The van der Waals surface area contributed by atoms with Crippen molar-refractivity contribution in [1.82, 2.24) is 4.90 Å². The maximum absolute atomic E-state index is 5.59. The third-order valence-electron chi connectivity index (χ3n) is 8.26. The molecule has 1 aliphatic carbocycles. The summed E-state index contributed by atoms with van der Waals surface area (Å²) < 4.78 is 0. The Bertz CT molecular complexity index is 1280. The molecule has 1 saturated heterocycles. The largest absolute Gasteiger partial charge is 0.405 e. The Labute approximate surface area is 250 Å². The molecular formula is C39H52N2. The van der Waals surface area contributed by atoms with E-state index in [-0.39, 0.29) is 0 Å². The number of nitrogens with two attached hydrogens (primary N) is 1. The summed E-state index contributed by atoms with van der Waals surface area (Å²) in [5.41, 5.74) is 16.5. The lowest BCUT2D eigenvalue weighted by atomic mass is 9.89. The molecule has 2 aliphatic rings. The van der Waals surface area contributed by atoms with Crippen LogP contribution in [0.5, 0.6) is 0 Å². The van der Waals surface area contributed by atoms with E-state index in [1.54, 1.807) is 6.20 Å². The van der Waals surface area contributed by atoms with E-state index in [4.69, 9.17) is 5.73 Å². The molecule has 0 radical (unpaired) electrons. The van der Waals surface area contributed by atoms with Gasteiger partial charge in [0, 0.05) is 13.1 Å². The van der Waals surface area contributed by atoms with E-state index in [0.717, 1.165) is 31.7 Å². The normalized spacial score (nSPS) is 18.2. The van der Waals surface area contributed by atoms with Gasteiger partial charge in [-0.2, -0.15) is 0 Å². The number of hydrogen-bond donors (Lipinski definition) is 1. The van der Waals surface area contributed by atoms with Crippen molar-refractivity contribution in [2.45, 2.75) is 73.3 Å². The highest BCUT2D eigenvalue weighted by atomic mass is 15.1. The Morgan fingerprint density at radius 3 is 2.34 bits per heavy atom. The first-order chi connectivity index (χ1) is 20.1. The summed E-state index contributed by atoms with van der Waals surface area (Å²) in [4.78, 5) is 2.63. The number of allylic oxidation sites excluding steroid dienone is 2. The van der Waals surface area contributed by atoms with Crippen LogP contribution in [0.25, 0.3) is 17.7 Å². The Morgan fingerprint density at radius 2 is 1.61 bits per heavy atom. The van der Waals surface area contributed by atoms with Gasteiger partial charge >= 0.3 is 0 Å². The van der Waals surface area contributed by atoms with Gasteiger partial charge in [0.25, 0.3) is 0 Å². The summed E-state index contributed by atoms with van der Waals surface area (Å²) in [6, 6.07) is 24.3. The summed E-state index contributed by atoms with van der Waals surface area (Å²) >= 11 is 0. The average Bonchev–Trinajstić information content (AvgIpc) is 3.60. The molecular weight excluding hydrogens is 496 g/mol. The number of likely N-dealkylation sites (tertiary alicyclic amines) is 1. The fourth-order valence-electron chi connectivity index (χ4n) is 6.23. The summed E-state index contributed by atoms with van der Waals surface area (Å²) in [7, 11) is 0. The maximum Gasteiger partial charge on any atom is 0.0233 e. The highest BCUT2D eigenvalue weighted by Crippen LogP contribution is 2.42. The van der Waals surface area contributed by atoms with Gasteiger partial charge in [-0.3, -0.25) is 4.90 Å². The highest BCUT2D eigenvalue weighted by Gasteiger charge is 2.31. The molecule has 2 unspecified atom stereocenters. The molecule has 3 aromatic carbocycles. The number of benzene rings is 3. The number of hydrogen-bond acceptors (Lipinski definition) is 2. The fraction of sp³-hybridized carbons (Fsp3) is 0.385. The molecule has 0 spiro atoms. The molecule has 41 heavy (non-hydrogen) atoms. The van der Waals surface area contributed by atoms with Crippen LogP contribution < -0.4 is 5.73 Å². The summed E-state index contributed by atoms with van der Waals surface area (Å²) in [5, 5.41) is 0. The number of aryl methyl sites for hydroxylation is 1. The van der Waals surface area contributed by atoms with E-state index in [1.165, 1.54) is 70.4 Å². The van der Waals surface area contributed by atoms with Crippen molar-refractivity contribution < 1.29 is 0 Å². The van der Waals surface area contributed by atoms with Crippen LogP contribution in [0.3, 0.4) is 0 Å². The van der Waals surface area contributed by atoms with Gasteiger partial charge in [-0.25, -0.2) is 0 Å². The van der Waals surface area contributed by atoms with E-state index in [0.29, 0.717) is 5.92 Å². The lowest BCUT2D eigenvalue weighted by molar-refractivity contribution is 0.308. The molecule has 2 N–H and O–H groups in total. The molecule has 218 valence electrons. The van der Waals surface area contributed by atoms with Crippen LogP contribution >= 0.6 is 0 Å². The van der Waals surface area contributed by atoms with Crippen molar-refractivity contribution in [1.29, 1.82) is 0 Å². The third-order valence-corrected chi connectivity index (χ3v) is 8.26. The Kier molecular flexibility index (Phi) is 13.2. The van der Waals surface area contributed by atoms with Gasteiger partial charge in [0.05, 0.1) is 0 Å². The van der Waals surface area contributed by atoms with Gasteiger partial charge in [-0.15, -0.1) is 0 Å². The average molecular weight is 549 g/mol. The van der Waals surface area contributed by atoms with Gasteiger partial charge < -0.3 is 5.73 Å². The second kappa shape index (κ2) is 16.8. The van der Waals surface area contributed by atoms with Gasteiger partial charge in [0.1, 0.15) is 0 Å². The van der Waals surface area contributed by atoms with Crippen LogP contribution in [0.15, 0.2) is 85.6 Å². The minimum absolute atomic E-state index is 0.574. The second-order valence-corrected chi connectivity index (χ2v) is 10.8. The molecule has 2 heteroatoms. The first-order valence-electron chi connectivity index (χ1n) is 15.9. The van der Waals surface area contributed by atoms with Crippen LogP contribution in [0.2, 0.25) is 0 Å². The zero-order chi connectivity index (χ0) is 29.6. The summed E-state index contributed by atoms with van der Waals surface area (Å²) in [6.45, 7) is 18.4. The van der Waals surface area contributed by atoms with Gasteiger partial charge in [-0.05, 0) is 107 Å². The van der Waals surface area contributed by atoms with Crippen LogP contribution in [-0.4, -0.2) is 18.0 Å². The molecule has 0 aromatic heterocycles. The van der Waals surface area contributed by atoms with E-state index in [2.05, 4.69) is 97.3 Å². The molecule has 0 bridgehead atoms. The zero-order valence-electron chi connectivity index (χ0n) is 26.2. The van der Waals surface area contributed by atoms with Crippen LogP contribution in [-0.2, 0) is 25.8 Å². The monoisotopic (exact) mass is 548 g/mol. The summed E-state index contributed by atoms with van der Waals surface area (Å²) in [6.07, 6.45) is 13.8. The molecule has 1 aliphatic heterocycles. The zero-order valence-corrected chi connectivity index (χ0v) is 26.2. The lowest BCUT2D eigenvalue weighted by Gasteiger charge is -2.19. The predicted octanol–water partition coefficient (Wildman–Crippen LogP) is 9.58. The molecule has 2 nitrogen and oxygen atoms in total. The molecule has 3 aromatic rings. The summed E-state index contributed by atoms with van der Waals surface area (Å²) in [5.74, 6) is 1.34. The van der Waals surface area contributed by atoms with E-state index < -0.39 is 0 Å². The highest BCUT2D eigenvalue weighted by molar-refractivity contribution is 5.79. The lowest BCUT2D eigenvalue weighted by Crippen LogP contribution is -2.20. The Morgan fingerprint density at radius 1 is 0.902 bits per heavy atom. The van der Waals surface area contributed by atoms with E-state index >= 15 is 0 Å². The predicted molar refractivity (Wildman–Crippen MR) is 182 cm³/mol. The topological polar surface area (TPSA) is 29.3 Å². The minimum Gasteiger partial charge on any atom is -0.405 e. The van der Waals surface area contributed by atoms with Crippen molar-refractivity contribution in [2.24, 2.45) is 17.6 Å². The van der Waals surface area contributed by atoms with Gasteiger partial charge in [0.2, 0.25) is 0 Å². The second-order valence-electron chi connectivity index (χ2n) is 10.8. The SMILES string of the molecule is C=C1c2cc(/C=C/c3ccccc3C/C=C\N)c(CC)cc2CC1CC1CCN(Cc2ccccc2)C1.CC.CC. The van der Waals surface area contributed by atoms with E-state index in [9.17, 15) is 0 Å². The van der Waals surface area contributed by atoms with Crippen LogP contribution in [0.4, 0.5) is 0 Å². The number of rotatable bonds is 9. The smallest absolute Gasteiger partial charge is 0.0233 e. The van der Waals surface area contributed by atoms with Crippen LogP contribution in [0.1, 0.15) is 86.4 Å². The van der Waals surface area contributed by atoms with Gasteiger partial charge in [0.15, 0.2) is 0 Å². The third kappa shape index (κ3) is 8.57. The van der Waals surface area contributed by atoms with Crippen molar-refractivity contribution in [3.63, 3.8) is 0 Å². The molecule has 5 rings (SSSR count). The minimum atomic E-state index is 0.574. The van der Waals surface area contributed by atoms with E-state index in [1.807, 2.05) is 33.8 Å². The quantitative estimate of drug-likeness (QED) is 0.270. The standard InChI is InChI=1S/C35H40N2.2C2H6/c1-3-29-21-34-22-33(20-28-17-19-37(25-28)24-27-10-5-4-6-11-27)26(2)35(34)23-32(29)16-15-31-13-8-7-12-30(31)14-9-18-36;2*1-2/h4-13,15-16,18,21,23,28,33H,2-3,14,17,19-20,22,24-25,36H2,1H3;2*1-2H3/b16-15+,18-9-;;. The van der Waals surface area contributed by atoms with Crippen molar-refractivity contribution in [2.75, 3.05) is 13.1 Å². The Balaban J connectivity index is 0.00000111. The molecule has 1 heterocycles.